The van der Waals surface area contributed by atoms with Crippen molar-refractivity contribution in [2.24, 2.45) is 0 Å². The van der Waals surface area contributed by atoms with Crippen LogP contribution in [0.3, 0.4) is 0 Å². The number of pyridine rings is 2. The largest absolute Gasteiger partial charge is 0.277 e. The zero-order valence-corrected chi connectivity index (χ0v) is 16.5. The van der Waals surface area contributed by atoms with Crippen molar-refractivity contribution in [3.05, 3.63) is 75.5 Å². The van der Waals surface area contributed by atoms with Crippen LogP contribution in [0.15, 0.2) is 47.4 Å². The molecule has 5 rings (SSSR count). The third-order valence-electron chi connectivity index (χ3n) is 6.17. The van der Waals surface area contributed by atoms with Crippen molar-refractivity contribution in [2.75, 3.05) is 0 Å². The van der Waals surface area contributed by atoms with E-state index >= 15 is 0 Å². The summed E-state index contributed by atoms with van der Waals surface area (Å²) in [6.07, 6.45) is 7.97. The molecule has 0 atom stereocenters. The molecule has 3 heterocycles. The van der Waals surface area contributed by atoms with Gasteiger partial charge in [0, 0.05) is 28.4 Å². The van der Waals surface area contributed by atoms with Crippen molar-refractivity contribution < 1.29 is 0 Å². The van der Waals surface area contributed by atoms with E-state index in [4.69, 9.17) is 4.98 Å². The molecule has 0 aliphatic heterocycles. The normalized spacial score (nSPS) is 13.9. The topological polar surface area (TPSA) is 39.8 Å². The number of fused-ring (bicyclic) bond motifs is 4. The smallest absolute Gasteiger partial charge is 0.267 e. The fraction of sp³-hybridized carbons (Fsp3) is 0.333. The average Bonchev–Trinajstić information content (AvgIpc) is 3.08. The molecule has 1 aliphatic rings. The molecule has 0 unspecified atom stereocenters. The Labute approximate surface area is 164 Å². The van der Waals surface area contributed by atoms with Gasteiger partial charge in [0.2, 0.25) is 0 Å². The highest BCUT2D eigenvalue weighted by Gasteiger charge is 2.25. The van der Waals surface area contributed by atoms with Crippen LogP contribution in [0.1, 0.15) is 49.2 Å². The minimum absolute atomic E-state index is 0.0561. The Morgan fingerprint density at radius 3 is 2.43 bits per heavy atom. The number of aromatic nitrogens is 3. The minimum Gasteiger partial charge on any atom is -0.267 e. The third kappa shape index (κ3) is 2.30. The summed E-state index contributed by atoms with van der Waals surface area (Å²) in [5.41, 5.74) is 5.95. The molecule has 1 aromatic carbocycles. The van der Waals surface area contributed by atoms with Gasteiger partial charge >= 0.3 is 0 Å². The van der Waals surface area contributed by atoms with E-state index < -0.39 is 0 Å². The first-order valence-electron chi connectivity index (χ1n) is 10.4. The molecule has 142 valence electrons. The van der Waals surface area contributed by atoms with Crippen LogP contribution >= 0.6 is 0 Å². The van der Waals surface area contributed by atoms with E-state index in [2.05, 4.69) is 30.7 Å². The maximum absolute atomic E-state index is 13.7. The van der Waals surface area contributed by atoms with Crippen molar-refractivity contribution in [1.82, 2.24) is 14.3 Å². The van der Waals surface area contributed by atoms with Gasteiger partial charge in [-0.2, -0.15) is 0 Å². The van der Waals surface area contributed by atoms with Crippen molar-refractivity contribution >= 4 is 21.8 Å². The Balaban J connectivity index is 1.99. The zero-order chi connectivity index (χ0) is 19.3. The van der Waals surface area contributed by atoms with Gasteiger partial charge in [0.05, 0.1) is 0 Å². The van der Waals surface area contributed by atoms with E-state index in [0.717, 1.165) is 54.2 Å². The van der Waals surface area contributed by atoms with E-state index in [9.17, 15) is 4.79 Å². The SMILES string of the molecule is CCc1c(CC)n(-n2c3c(c4cccnc42)CCCC3)c(=O)c2ccccc12. The highest BCUT2D eigenvalue weighted by Crippen LogP contribution is 2.32. The van der Waals surface area contributed by atoms with Gasteiger partial charge < -0.3 is 0 Å². The Hall–Kier alpha value is -2.88. The van der Waals surface area contributed by atoms with Gasteiger partial charge in [-0.15, -0.1) is 0 Å². The summed E-state index contributed by atoms with van der Waals surface area (Å²) < 4.78 is 4.07. The standard InChI is InChI=1S/C24H25N3O/c1-3-16-17-10-5-6-12-20(17)24(28)27(21(16)4-2)26-22-14-8-7-11-18(22)19-13-9-15-25-23(19)26/h5-6,9-10,12-13,15H,3-4,7-8,11,14H2,1-2H3. The second-order valence-corrected chi connectivity index (χ2v) is 7.61. The predicted octanol–water partition coefficient (Wildman–Crippen LogP) is 4.67. The van der Waals surface area contributed by atoms with Crippen molar-refractivity contribution in [3.63, 3.8) is 0 Å². The Kier molecular flexibility index (Phi) is 4.08. The lowest BCUT2D eigenvalue weighted by molar-refractivity contribution is 0.555. The number of nitrogens with zero attached hydrogens (tertiary/aromatic N) is 3. The van der Waals surface area contributed by atoms with Gasteiger partial charge in [0.1, 0.15) is 0 Å². The molecule has 3 aromatic heterocycles. The highest BCUT2D eigenvalue weighted by molar-refractivity contribution is 5.86. The molecule has 4 nitrogen and oxygen atoms in total. The van der Waals surface area contributed by atoms with Crippen molar-refractivity contribution in [3.8, 4) is 0 Å². The number of aryl methyl sites for hydroxylation is 2. The van der Waals surface area contributed by atoms with Crippen molar-refractivity contribution in [1.29, 1.82) is 0 Å². The van der Waals surface area contributed by atoms with Crippen LogP contribution in [-0.2, 0) is 25.7 Å². The van der Waals surface area contributed by atoms with E-state index in [1.807, 2.05) is 35.1 Å². The predicted molar refractivity (Wildman–Crippen MR) is 114 cm³/mol. The Morgan fingerprint density at radius 1 is 0.893 bits per heavy atom. The summed E-state index contributed by atoms with van der Waals surface area (Å²) in [6.45, 7) is 4.32. The average molecular weight is 371 g/mol. The van der Waals surface area contributed by atoms with Crippen LogP contribution in [0.2, 0.25) is 0 Å². The van der Waals surface area contributed by atoms with Gasteiger partial charge in [-0.25, -0.2) is 14.3 Å². The molecule has 0 saturated heterocycles. The molecule has 4 aromatic rings. The molecule has 4 heteroatoms. The molecule has 0 spiro atoms. The van der Waals surface area contributed by atoms with Crippen LogP contribution in [0.4, 0.5) is 0 Å². The maximum Gasteiger partial charge on any atom is 0.277 e. The van der Waals surface area contributed by atoms with E-state index in [-0.39, 0.29) is 5.56 Å². The number of benzene rings is 1. The van der Waals surface area contributed by atoms with Crippen molar-refractivity contribution in [2.45, 2.75) is 52.4 Å². The molecular formula is C24H25N3O. The minimum atomic E-state index is 0.0561. The maximum atomic E-state index is 13.7. The monoisotopic (exact) mass is 371 g/mol. The first kappa shape index (κ1) is 17.2. The lowest BCUT2D eigenvalue weighted by atomic mass is 9.96. The molecule has 0 amide bonds. The molecule has 0 fully saturated rings. The summed E-state index contributed by atoms with van der Waals surface area (Å²) in [6, 6.07) is 12.2. The fourth-order valence-electron chi connectivity index (χ4n) is 4.98. The molecule has 0 bridgehead atoms. The molecule has 0 saturated carbocycles. The molecule has 28 heavy (non-hydrogen) atoms. The fourth-order valence-corrected chi connectivity index (χ4v) is 4.98. The number of hydrogen-bond acceptors (Lipinski definition) is 2. The van der Waals surface area contributed by atoms with Gasteiger partial charge in [0.15, 0.2) is 5.65 Å². The van der Waals surface area contributed by atoms with E-state index in [1.54, 1.807) is 0 Å². The summed E-state index contributed by atoms with van der Waals surface area (Å²) in [4.78, 5) is 18.4. The summed E-state index contributed by atoms with van der Waals surface area (Å²) in [7, 11) is 0. The highest BCUT2D eigenvalue weighted by atomic mass is 16.1. The van der Waals surface area contributed by atoms with Crippen LogP contribution in [-0.4, -0.2) is 14.3 Å². The third-order valence-corrected chi connectivity index (χ3v) is 6.17. The number of hydrogen-bond donors (Lipinski definition) is 0. The summed E-state index contributed by atoms with van der Waals surface area (Å²) >= 11 is 0. The second kappa shape index (κ2) is 6.62. The molecule has 1 aliphatic carbocycles. The number of rotatable bonds is 3. The lowest BCUT2D eigenvalue weighted by Crippen LogP contribution is -2.32. The van der Waals surface area contributed by atoms with E-state index in [0.29, 0.717) is 0 Å². The molecule has 0 N–H and O–H groups in total. The first-order chi connectivity index (χ1) is 13.8. The van der Waals surface area contributed by atoms with Crippen LogP contribution in [0, 0.1) is 0 Å². The Bertz CT molecular complexity index is 1260. The van der Waals surface area contributed by atoms with Crippen LogP contribution in [0.5, 0.6) is 0 Å². The Morgan fingerprint density at radius 2 is 1.64 bits per heavy atom. The van der Waals surface area contributed by atoms with Crippen LogP contribution < -0.4 is 5.56 Å². The molecular weight excluding hydrogens is 346 g/mol. The quantitative estimate of drug-likeness (QED) is 0.525. The van der Waals surface area contributed by atoms with Gasteiger partial charge in [-0.1, -0.05) is 32.0 Å². The van der Waals surface area contributed by atoms with Gasteiger partial charge in [-0.05, 0) is 73.2 Å². The first-order valence-corrected chi connectivity index (χ1v) is 10.4. The summed E-state index contributed by atoms with van der Waals surface area (Å²) in [5, 5.41) is 3.07. The van der Waals surface area contributed by atoms with Crippen LogP contribution in [0.25, 0.3) is 21.8 Å². The summed E-state index contributed by atoms with van der Waals surface area (Å²) in [5.74, 6) is 0. The zero-order valence-electron chi connectivity index (χ0n) is 16.5. The van der Waals surface area contributed by atoms with Gasteiger partial charge in [0.25, 0.3) is 5.56 Å². The second-order valence-electron chi connectivity index (χ2n) is 7.61. The van der Waals surface area contributed by atoms with Gasteiger partial charge in [-0.3, -0.25) is 4.79 Å². The lowest BCUT2D eigenvalue weighted by Gasteiger charge is -2.22. The molecule has 0 radical (unpaired) electrons. The van der Waals surface area contributed by atoms with E-state index in [1.165, 1.54) is 28.6 Å².